The summed E-state index contributed by atoms with van der Waals surface area (Å²) in [5, 5.41) is 4.12. The van der Waals surface area contributed by atoms with Gasteiger partial charge in [-0.3, -0.25) is 0 Å². The number of fused-ring (bicyclic) bond motifs is 1. The summed E-state index contributed by atoms with van der Waals surface area (Å²) >= 11 is 0. The van der Waals surface area contributed by atoms with Crippen LogP contribution in [-0.4, -0.2) is 14.6 Å². The fourth-order valence-electron chi connectivity index (χ4n) is 1.77. The molecule has 0 aliphatic heterocycles. The summed E-state index contributed by atoms with van der Waals surface area (Å²) in [6, 6.07) is 11.6. The molecule has 0 amide bonds. The Morgan fingerprint density at radius 3 is 2.94 bits per heavy atom. The van der Waals surface area contributed by atoms with E-state index < -0.39 is 0 Å². The molecule has 0 spiro atoms. The van der Waals surface area contributed by atoms with E-state index in [4.69, 9.17) is 5.73 Å². The maximum atomic E-state index is 5.77. The lowest BCUT2D eigenvalue weighted by Crippen LogP contribution is -1.95. The van der Waals surface area contributed by atoms with Crippen molar-refractivity contribution >= 4 is 11.2 Å². The molecule has 0 fully saturated rings. The number of benzene rings is 1. The lowest BCUT2D eigenvalue weighted by Gasteiger charge is -2.03. The molecule has 4 nitrogen and oxygen atoms in total. The highest BCUT2D eigenvalue weighted by Gasteiger charge is 2.05. The van der Waals surface area contributed by atoms with Gasteiger partial charge < -0.3 is 5.73 Å². The van der Waals surface area contributed by atoms with Crippen molar-refractivity contribution in [1.29, 1.82) is 0 Å². The molecule has 0 aliphatic carbocycles. The van der Waals surface area contributed by atoms with Crippen LogP contribution in [0.25, 0.3) is 16.8 Å². The number of hydrogen-bond donors (Lipinski definition) is 1. The van der Waals surface area contributed by atoms with Gasteiger partial charge in [0.2, 0.25) is 0 Å². The van der Waals surface area contributed by atoms with E-state index >= 15 is 0 Å². The molecule has 1 aromatic carbocycles. The van der Waals surface area contributed by atoms with Gasteiger partial charge in [0.1, 0.15) is 6.33 Å². The summed E-state index contributed by atoms with van der Waals surface area (Å²) in [6.07, 6.45) is 3.44. The number of nitrogens with zero attached hydrogens (tertiary/aromatic N) is 3. The van der Waals surface area contributed by atoms with Crippen LogP contribution in [0.4, 0.5) is 5.69 Å². The van der Waals surface area contributed by atoms with Crippen molar-refractivity contribution in [2.24, 2.45) is 0 Å². The zero-order valence-electron chi connectivity index (χ0n) is 8.54. The van der Waals surface area contributed by atoms with Crippen LogP contribution in [0.15, 0.2) is 48.9 Å². The van der Waals surface area contributed by atoms with Gasteiger partial charge in [0, 0.05) is 17.4 Å². The van der Waals surface area contributed by atoms with Crippen molar-refractivity contribution < 1.29 is 0 Å². The monoisotopic (exact) mass is 210 g/mol. The minimum Gasteiger partial charge on any atom is -0.399 e. The van der Waals surface area contributed by atoms with E-state index in [9.17, 15) is 0 Å². The molecule has 0 radical (unpaired) electrons. The topological polar surface area (TPSA) is 56.2 Å². The SMILES string of the molecule is Nc1cccc(-c2ncnn3cccc23)c1. The van der Waals surface area contributed by atoms with Crippen LogP contribution < -0.4 is 5.73 Å². The third-order valence-corrected chi connectivity index (χ3v) is 2.49. The number of aromatic nitrogens is 3. The second-order valence-electron chi connectivity index (χ2n) is 3.57. The molecule has 0 atom stereocenters. The Hall–Kier alpha value is -2.36. The van der Waals surface area contributed by atoms with Crippen LogP contribution >= 0.6 is 0 Å². The quantitative estimate of drug-likeness (QED) is 0.625. The van der Waals surface area contributed by atoms with Crippen LogP contribution in [0, 0.1) is 0 Å². The van der Waals surface area contributed by atoms with Crippen molar-refractivity contribution in [3.8, 4) is 11.3 Å². The third kappa shape index (κ3) is 1.32. The summed E-state index contributed by atoms with van der Waals surface area (Å²) in [7, 11) is 0. The Morgan fingerprint density at radius 2 is 2.06 bits per heavy atom. The first-order valence-corrected chi connectivity index (χ1v) is 4.99. The predicted molar refractivity (Wildman–Crippen MR) is 62.8 cm³/mol. The molecule has 2 heterocycles. The zero-order valence-corrected chi connectivity index (χ0v) is 8.54. The lowest BCUT2D eigenvalue weighted by molar-refractivity contribution is 0.906. The first kappa shape index (κ1) is 8.91. The smallest absolute Gasteiger partial charge is 0.137 e. The number of hydrogen-bond acceptors (Lipinski definition) is 3. The fraction of sp³-hybridized carbons (Fsp3) is 0. The fourth-order valence-corrected chi connectivity index (χ4v) is 1.77. The van der Waals surface area contributed by atoms with Crippen molar-refractivity contribution in [3.05, 3.63) is 48.9 Å². The van der Waals surface area contributed by atoms with E-state index in [1.165, 1.54) is 0 Å². The maximum absolute atomic E-state index is 5.77. The van der Waals surface area contributed by atoms with Crippen molar-refractivity contribution in [2.75, 3.05) is 5.73 Å². The third-order valence-electron chi connectivity index (χ3n) is 2.49. The molecule has 0 saturated carbocycles. The van der Waals surface area contributed by atoms with Gasteiger partial charge in [-0.15, -0.1) is 0 Å². The van der Waals surface area contributed by atoms with E-state index in [1.54, 1.807) is 10.8 Å². The molecule has 2 N–H and O–H groups in total. The van der Waals surface area contributed by atoms with Crippen molar-refractivity contribution in [2.45, 2.75) is 0 Å². The van der Waals surface area contributed by atoms with Gasteiger partial charge in [0.05, 0.1) is 11.2 Å². The van der Waals surface area contributed by atoms with Crippen LogP contribution in [0.2, 0.25) is 0 Å². The summed E-state index contributed by atoms with van der Waals surface area (Å²) in [5.41, 5.74) is 9.38. The van der Waals surface area contributed by atoms with Gasteiger partial charge >= 0.3 is 0 Å². The lowest BCUT2D eigenvalue weighted by atomic mass is 10.1. The van der Waals surface area contributed by atoms with E-state index in [-0.39, 0.29) is 0 Å². The Bertz CT molecular complexity index is 642. The minimum atomic E-state index is 0.737. The molecule has 0 bridgehead atoms. The summed E-state index contributed by atoms with van der Waals surface area (Å²) in [4.78, 5) is 4.30. The van der Waals surface area contributed by atoms with E-state index in [1.807, 2.05) is 42.6 Å². The Balaban J connectivity index is 2.29. The molecule has 3 aromatic rings. The minimum absolute atomic E-state index is 0.737. The highest BCUT2D eigenvalue weighted by atomic mass is 15.2. The van der Waals surface area contributed by atoms with Crippen molar-refractivity contribution in [3.63, 3.8) is 0 Å². The summed E-state index contributed by atoms with van der Waals surface area (Å²) < 4.78 is 1.80. The predicted octanol–water partition coefficient (Wildman–Crippen LogP) is 1.98. The maximum Gasteiger partial charge on any atom is 0.137 e. The van der Waals surface area contributed by atoms with Crippen LogP contribution in [0.5, 0.6) is 0 Å². The average molecular weight is 210 g/mol. The Labute approximate surface area is 92.4 Å². The summed E-state index contributed by atoms with van der Waals surface area (Å²) in [6.45, 7) is 0. The van der Waals surface area contributed by atoms with Crippen LogP contribution in [0.1, 0.15) is 0 Å². The number of nitrogen functional groups attached to an aromatic ring is 1. The second kappa shape index (κ2) is 3.34. The molecule has 3 rings (SSSR count). The van der Waals surface area contributed by atoms with Gasteiger partial charge in [-0.2, -0.15) is 5.10 Å². The highest BCUT2D eigenvalue weighted by Crippen LogP contribution is 2.23. The van der Waals surface area contributed by atoms with Crippen LogP contribution in [-0.2, 0) is 0 Å². The van der Waals surface area contributed by atoms with Crippen LogP contribution in [0.3, 0.4) is 0 Å². The second-order valence-corrected chi connectivity index (χ2v) is 3.57. The van der Waals surface area contributed by atoms with Gasteiger partial charge in [0.15, 0.2) is 0 Å². The van der Waals surface area contributed by atoms with E-state index in [2.05, 4.69) is 10.1 Å². The number of anilines is 1. The van der Waals surface area contributed by atoms with Gasteiger partial charge in [-0.25, -0.2) is 9.50 Å². The Kier molecular flexibility index (Phi) is 1.86. The molecular weight excluding hydrogens is 200 g/mol. The average Bonchev–Trinajstić information content (AvgIpc) is 2.76. The molecule has 0 saturated heterocycles. The van der Waals surface area contributed by atoms with Gasteiger partial charge in [-0.05, 0) is 24.3 Å². The molecule has 4 heteroatoms. The van der Waals surface area contributed by atoms with Crippen molar-refractivity contribution in [1.82, 2.24) is 14.6 Å². The molecule has 0 unspecified atom stereocenters. The normalized spacial score (nSPS) is 10.8. The number of nitrogens with two attached hydrogens (primary N) is 1. The molecule has 16 heavy (non-hydrogen) atoms. The van der Waals surface area contributed by atoms with Gasteiger partial charge in [0.25, 0.3) is 0 Å². The summed E-state index contributed by atoms with van der Waals surface area (Å²) in [5.74, 6) is 0. The number of rotatable bonds is 1. The van der Waals surface area contributed by atoms with E-state index in [0.717, 1.165) is 22.5 Å². The largest absolute Gasteiger partial charge is 0.399 e. The van der Waals surface area contributed by atoms with E-state index in [0.29, 0.717) is 0 Å². The highest BCUT2D eigenvalue weighted by molar-refractivity contribution is 5.77. The molecule has 2 aromatic heterocycles. The Morgan fingerprint density at radius 1 is 1.12 bits per heavy atom. The zero-order chi connectivity index (χ0) is 11.0. The molecule has 78 valence electrons. The molecular formula is C12H10N4. The molecule has 0 aliphatic rings. The first-order chi connectivity index (χ1) is 7.84. The first-order valence-electron chi connectivity index (χ1n) is 4.99. The van der Waals surface area contributed by atoms with Gasteiger partial charge in [-0.1, -0.05) is 12.1 Å². The standard InChI is InChI=1S/C12H10N4/c13-10-4-1-3-9(7-10)12-11-5-2-6-16(11)15-8-14-12/h1-8H,13H2.